The molecule has 1 atom stereocenters. The number of quaternary nitrogens is 1. The summed E-state index contributed by atoms with van der Waals surface area (Å²) in [7, 11) is 1.80. The van der Waals surface area contributed by atoms with Gasteiger partial charge in [-0.05, 0) is 36.6 Å². The number of carbonyl (C=O) groups is 2. The van der Waals surface area contributed by atoms with E-state index in [-0.39, 0.29) is 24.9 Å². The maximum Gasteiger partial charge on any atom is 0.279 e. The third-order valence-electron chi connectivity index (χ3n) is 3.43. The fraction of sp³-hybridized carbons (Fsp3) is 0.222. The Morgan fingerprint density at radius 3 is 2.40 bits per heavy atom. The maximum atomic E-state index is 12.1. The van der Waals surface area contributed by atoms with E-state index in [1.165, 1.54) is 0 Å². The number of hydrogen-bond acceptors (Lipinski definition) is 3. The van der Waals surface area contributed by atoms with E-state index in [1.807, 2.05) is 30.5 Å². The van der Waals surface area contributed by atoms with E-state index >= 15 is 0 Å². The van der Waals surface area contributed by atoms with Crippen molar-refractivity contribution >= 4 is 46.6 Å². The van der Waals surface area contributed by atoms with Crippen molar-refractivity contribution in [3.8, 4) is 0 Å². The molecule has 5 nitrogen and oxygen atoms in total. The summed E-state index contributed by atoms with van der Waals surface area (Å²) in [5.41, 5.74) is 1.32. The van der Waals surface area contributed by atoms with E-state index in [2.05, 4.69) is 10.6 Å². The Labute approximate surface area is 156 Å². The molecule has 2 aromatic carbocycles. The van der Waals surface area contributed by atoms with Gasteiger partial charge in [0, 0.05) is 10.6 Å². The monoisotopic (exact) mass is 378 g/mol. The lowest BCUT2D eigenvalue weighted by molar-refractivity contribution is -0.862. The second-order valence-corrected chi connectivity index (χ2v) is 6.91. The van der Waals surface area contributed by atoms with E-state index in [4.69, 9.17) is 11.6 Å². The van der Waals surface area contributed by atoms with Gasteiger partial charge in [-0.3, -0.25) is 9.59 Å². The summed E-state index contributed by atoms with van der Waals surface area (Å²) in [5, 5.41) is 6.09. The van der Waals surface area contributed by atoms with Gasteiger partial charge in [0.25, 0.3) is 11.8 Å². The molecule has 0 bridgehead atoms. The summed E-state index contributed by atoms with van der Waals surface area (Å²) in [6, 6.07) is 14.7. The van der Waals surface area contributed by atoms with Crippen molar-refractivity contribution in [3.63, 3.8) is 0 Å². The topological polar surface area (TPSA) is 62.6 Å². The Bertz CT molecular complexity index is 755. The number of carbonyl (C=O) groups excluding carboxylic acids is 2. The molecule has 0 fully saturated rings. The summed E-state index contributed by atoms with van der Waals surface area (Å²) >= 11 is 7.63. The zero-order valence-electron chi connectivity index (χ0n) is 14.1. The van der Waals surface area contributed by atoms with Crippen LogP contribution in [-0.4, -0.2) is 38.2 Å². The molecule has 25 heavy (non-hydrogen) atoms. The molecule has 0 saturated heterocycles. The fourth-order valence-corrected chi connectivity index (χ4v) is 2.92. The number of likely N-dealkylation sites (N-methyl/N-ethyl adjacent to an activating group) is 1. The lowest BCUT2D eigenvalue weighted by Crippen LogP contribution is -3.11. The van der Waals surface area contributed by atoms with Crippen LogP contribution in [0.4, 0.5) is 11.4 Å². The summed E-state index contributed by atoms with van der Waals surface area (Å²) in [6.45, 7) is 0.364. The van der Waals surface area contributed by atoms with Gasteiger partial charge in [-0.25, -0.2) is 0 Å². The smallest absolute Gasteiger partial charge is 0.279 e. The van der Waals surface area contributed by atoms with Crippen LogP contribution in [0, 0.1) is 0 Å². The van der Waals surface area contributed by atoms with Crippen LogP contribution in [0.1, 0.15) is 0 Å². The molecule has 0 radical (unpaired) electrons. The number of rotatable bonds is 7. The quantitative estimate of drug-likeness (QED) is 0.647. The second kappa shape index (κ2) is 9.46. The van der Waals surface area contributed by atoms with Crippen LogP contribution in [0.2, 0.25) is 5.02 Å². The first-order chi connectivity index (χ1) is 12.0. The molecule has 0 aliphatic heterocycles. The molecule has 3 N–H and O–H groups in total. The zero-order valence-corrected chi connectivity index (χ0v) is 15.7. The van der Waals surface area contributed by atoms with E-state index in [0.29, 0.717) is 10.7 Å². The van der Waals surface area contributed by atoms with E-state index < -0.39 is 0 Å². The summed E-state index contributed by atoms with van der Waals surface area (Å²) in [5.74, 6) is -0.330. The molecule has 7 heteroatoms. The van der Waals surface area contributed by atoms with Gasteiger partial charge in [0.05, 0.1) is 17.8 Å². The predicted octanol–water partition coefficient (Wildman–Crippen LogP) is 2.15. The minimum Gasteiger partial charge on any atom is -0.322 e. The molecule has 0 aliphatic rings. The summed E-state index contributed by atoms with van der Waals surface area (Å²) < 4.78 is 0. The third kappa shape index (κ3) is 6.42. The molecular weight excluding hydrogens is 358 g/mol. The highest BCUT2D eigenvalue weighted by atomic mass is 35.5. The van der Waals surface area contributed by atoms with Crippen LogP contribution in [0.15, 0.2) is 53.4 Å². The van der Waals surface area contributed by atoms with Gasteiger partial charge >= 0.3 is 0 Å². The van der Waals surface area contributed by atoms with Gasteiger partial charge in [0.15, 0.2) is 13.1 Å². The number of halogens is 1. The molecule has 0 aliphatic carbocycles. The number of benzene rings is 2. The number of thioether (sulfide) groups is 1. The zero-order chi connectivity index (χ0) is 18.2. The lowest BCUT2D eigenvalue weighted by Gasteiger charge is -2.14. The Hall–Kier alpha value is -2.02. The van der Waals surface area contributed by atoms with E-state index in [9.17, 15) is 9.59 Å². The summed E-state index contributed by atoms with van der Waals surface area (Å²) in [6.07, 6.45) is 1.98. The summed E-state index contributed by atoms with van der Waals surface area (Å²) in [4.78, 5) is 26.1. The van der Waals surface area contributed by atoms with Crippen LogP contribution in [0.5, 0.6) is 0 Å². The fourth-order valence-electron chi connectivity index (χ4n) is 2.27. The van der Waals surface area contributed by atoms with Crippen molar-refractivity contribution < 1.29 is 14.5 Å². The third-order valence-corrected chi connectivity index (χ3v) is 4.48. The minimum absolute atomic E-state index is 0.138. The molecule has 1 unspecified atom stereocenters. The largest absolute Gasteiger partial charge is 0.322 e. The molecule has 2 rings (SSSR count). The van der Waals surface area contributed by atoms with Crippen molar-refractivity contribution in [3.05, 3.63) is 53.6 Å². The molecule has 2 aromatic rings. The van der Waals surface area contributed by atoms with Gasteiger partial charge in [-0.1, -0.05) is 29.8 Å². The highest BCUT2D eigenvalue weighted by molar-refractivity contribution is 7.98. The van der Waals surface area contributed by atoms with Gasteiger partial charge in [-0.2, -0.15) is 0 Å². The van der Waals surface area contributed by atoms with Crippen LogP contribution in [0.3, 0.4) is 0 Å². The molecule has 2 amide bonds. The molecule has 0 saturated carbocycles. The van der Waals surface area contributed by atoms with E-state index in [0.717, 1.165) is 15.5 Å². The Morgan fingerprint density at radius 1 is 1.04 bits per heavy atom. The van der Waals surface area contributed by atoms with Gasteiger partial charge in [-0.15, -0.1) is 11.8 Å². The number of anilines is 2. The van der Waals surface area contributed by atoms with Crippen molar-refractivity contribution in [1.82, 2.24) is 0 Å². The Morgan fingerprint density at radius 2 is 1.72 bits per heavy atom. The molecule has 132 valence electrons. The van der Waals surface area contributed by atoms with Crippen LogP contribution in [0.25, 0.3) is 0 Å². The van der Waals surface area contributed by atoms with Gasteiger partial charge < -0.3 is 15.5 Å². The Balaban J connectivity index is 1.82. The molecular formula is C18H21ClN3O2S+. The van der Waals surface area contributed by atoms with Crippen molar-refractivity contribution in [1.29, 1.82) is 0 Å². The predicted molar refractivity (Wildman–Crippen MR) is 104 cm³/mol. The first-order valence-corrected chi connectivity index (χ1v) is 9.38. The first-order valence-electron chi connectivity index (χ1n) is 7.77. The van der Waals surface area contributed by atoms with Gasteiger partial charge in [0.1, 0.15) is 0 Å². The minimum atomic E-state index is -0.192. The normalized spacial score (nSPS) is 11.6. The average molecular weight is 379 g/mol. The Kier molecular flexibility index (Phi) is 7.31. The van der Waals surface area contributed by atoms with Crippen molar-refractivity contribution in [2.75, 3.05) is 37.0 Å². The number of para-hydroxylation sites is 1. The van der Waals surface area contributed by atoms with E-state index in [1.54, 1.807) is 43.1 Å². The van der Waals surface area contributed by atoms with Crippen LogP contribution in [-0.2, 0) is 9.59 Å². The standard InChI is InChI=1S/C18H20ClN3O2S/c1-22(12-18(24)21-16-9-4-3-8-15(16)19)11-17(23)20-13-6-5-7-14(10-13)25-2/h3-10H,11-12H2,1-2H3,(H,20,23)(H,21,24)/p+1. The highest BCUT2D eigenvalue weighted by Gasteiger charge is 2.15. The molecule has 0 spiro atoms. The lowest BCUT2D eigenvalue weighted by atomic mass is 10.3. The van der Waals surface area contributed by atoms with Crippen molar-refractivity contribution in [2.45, 2.75) is 4.90 Å². The number of amides is 2. The maximum absolute atomic E-state index is 12.1. The SMILES string of the molecule is CSc1cccc(NC(=O)C[NH+](C)CC(=O)Nc2ccccc2Cl)c1. The van der Waals surface area contributed by atoms with Crippen LogP contribution >= 0.6 is 23.4 Å². The molecule has 0 aromatic heterocycles. The van der Waals surface area contributed by atoms with Crippen LogP contribution < -0.4 is 15.5 Å². The molecule has 0 heterocycles. The van der Waals surface area contributed by atoms with Crippen molar-refractivity contribution in [2.24, 2.45) is 0 Å². The van der Waals surface area contributed by atoms with Gasteiger partial charge in [0.2, 0.25) is 0 Å². The average Bonchev–Trinajstić information content (AvgIpc) is 2.56. The number of nitrogens with one attached hydrogen (secondary N) is 3. The second-order valence-electron chi connectivity index (χ2n) is 5.62. The first kappa shape index (κ1) is 19.3. The number of hydrogen-bond donors (Lipinski definition) is 3. The highest BCUT2D eigenvalue weighted by Crippen LogP contribution is 2.20.